The minimum atomic E-state index is -3.60. The molecule has 24 heavy (non-hydrogen) atoms. The van der Waals surface area contributed by atoms with Crippen molar-refractivity contribution in [2.75, 3.05) is 31.6 Å². The number of carbonyl (C=O) groups is 1. The van der Waals surface area contributed by atoms with Gasteiger partial charge in [0.2, 0.25) is 10.0 Å². The van der Waals surface area contributed by atoms with Crippen LogP contribution in [0.2, 0.25) is 0 Å². The Morgan fingerprint density at radius 3 is 2.54 bits per heavy atom. The molecule has 128 valence electrons. The summed E-state index contributed by atoms with van der Waals surface area (Å²) < 4.78 is 31.6. The number of sulfonamides is 1. The van der Waals surface area contributed by atoms with E-state index in [-0.39, 0.29) is 10.6 Å². The maximum Gasteiger partial charge on any atom is 0.265 e. The maximum absolute atomic E-state index is 12.5. The summed E-state index contributed by atoms with van der Waals surface area (Å²) in [5.41, 5.74) is 0.517. The van der Waals surface area contributed by atoms with Crippen LogP contribution < -0.4 is 5.32 Å². The number of phenolic OH excluding ortho intramolecular Hbond substituents is 1. The van der Waals surface area contributed by atoms with Gasteiger partial charge in [0.15, 0.2) is 0 Å². The van der Waals surface area contributed by atoms with Crippen LogP contribution >= 0.6 is 11.3 Å². The Labute approximate surface area is 143 Å². The minimum absolute atomic E-state index is 0.100. The Kier molecular flexibility index (Phi) is 4.86. The van der Waals surface area contributed by atoms with Gasteiger partial charge in [-0.3, -0.25) is 4.79 Å². The number of hydrogen-bond acceptors (Lipinski definition) is 6. The van der Waals surface area contributed by atoms with Crippen LogP contribution in [0, 0.1) is 0 Å². The van der Waals surface area contributed by atoms with Crippen LogP contribution in [0.4, 0.5) is 5.69 Å². The molecule has 7 nitrogen and oxygen atoms in total. The molecule has 2 aromatic rings. The van der Waals surface area contributed by atoms with Crippen LogP contribution in [0.3, 0.4) is 0 Å². The van der Waals surface area contributed by atoms with E-state index < -0.39 is 15.9 Å². The van der Waals surface area contributed by atoms with Crippen LogP contribution in [-0.4, -0.2) is 50.0 Å². The van der Waals surface area contributed by atoms with Crippen LogP contribution in [0.25, 0.3) is 0 Å². The van der Waals surface area contributed by atoms with Crippen LogP contribution in [0.1, 0.15) is 9.67 Å². The quantitative estimate of drug-likeness (QED) is 0.801. The van der Waals surface area contributed by atoms with E-state index in [1.54, 1.807) is 12.1 Å². The zero-order valence-electron chi connectivity index (χ0n) is 12.6. The normalized spacial score (nSPS) is 16.0. The highest BCUT2D eigenvalue weighted by atomic mass is 32.2. The van der Waals surface area contributed by atoms with E-state index in [4.69, 9.17) is 4.74 Å². The third-order valence-corrected chi connectivity index (χ3v) is 6.49. The van der Waals surface area contributed by atoms with Gasteiger partial charge in [0.25, 0.3) is 5.91 Å². The molecular formula is C15H16N2O5S2. The molecule has 0 atom stereocenters. The van der Waals surface area contributed by atoms with E-state index in [0.29, 0.717) is 36.9 Å². The third-order valence-electron chi connectivity index (χ3n) is 3.53. The lowest BCUT2D eigenvalue weighted by molar-refractivity contribution is 0.0730. The van der Waals surface area contributed by atoms with Gasteiger partial charge in [-0.1, -0.05) is 0 Å². The molecule has 0 spiro atoms. The summed E-state index contributed by atoms with van der Waals surface area (Å²) in [7, 11) is -3.60. The van der Waals surface area contributed by atoms with E-state index in [0.717, 1.165) is 11.3 Å². The van der Waals surface area contributed by atoms with Crippen molar-refractivity contribution in [3.8, 4) is 5.75 Å². The second-order valence-corrected chi connectivity index (χ2v) is 8.01. The Morgan fingerprint density at radius 2 is 1.88 bits per heavy atom. The zero-order valence-corrected chi connectivity index (χ0v) is 14.3. The highest BCUT2D eigenvalue weighted by Gasteiger charge is 2.28. The fourth-order valence-electron chi connectivity index (χ4n) is 2.25. The number of morpholine rings is 1. The fourth-order valence-corrected chi connectivity index (χ4v) is 4.81. The van der Waals surface area contributed by atoms with E-state index in [9.17, 15) is 18.3 Å². The van der Waals surface area contributed by atoms with Gasteiger partial charge in [-0.15, -0.1) is 11.3 Å². The molecule has 0 aliphatic carbocycles. The maximum atomic E-state index is 12.5. The van der Waals surface area contributed by atoms with Gasteiger partial charge in [-0.25, -0.2) is 8.42 Å². The number of rotatable bonds is 4. The van der Waals surface area contributed by atoms with E-state index in [1.165, 1.54) is 27.9 Å². The average Bonchev–Trinajstić information content (AvgIpc) is 3.09. The molecule has 1 saturated heterocycles. The first kappa shape index (κ1) is 16.9. The van der Waals surface area contributed by atoms with Gasteiger partial charge in [0.1, 0.15) is 5.75 Å². The Balaban J connectivity index is 1.74. The molecular weight excluding hydrogens is 352 g/mol. The van der Waals surface area contributed by atoms with E-state index in [1.807, 2.05) is 0 Å². The predicted molar refractivity (Wildman–Crippen MR) is 90.0 cm³/mol. The number of aromatic hydroxyl groups is 1. The summed E-state index contributed by atoms with van der Waals surface area (Å²) >= 11 is 1.07. The highest BCUT2D eigenvalue weighted by molar-refractivity contribution is 7.89. The van der Waals surface area contributed by atoms with Crippen molar-refractivity contribution in [2.24, 2.45) is 0 Å². The molecule has 1 aromatic heterocycles. The van der Waals surface area contributed by atoms with Crippen molar-refractivity contribution in [1.82, 2.24) is 4.31 Å². The molecule has 1 fully saturated rings. The number of ether oxygens (including phenoxy) is 1. The molecule has 1 aliphatic rings. The average molecular weight is 368 g/mol. The number of nitrogens with zero attached hydrogens (tertiary/aromatic N) is 1. The zero-order chi connectivity index (χ0) is 17.2. The SMILES string of the molecule is O=C(Nc1ccc(O)cc1)c1cc(S(=O)(=O)N2CCOCC2)cs1. The molecule has 1 amide bonds. The topological polar surface area (TPSA) is 95.9 Å². The van der Waals surface area contributed by atoms with Crippen LogP contribution in [0.15, 0.2) is 40.6 Å². The molecule has 0 bridgehead atoms. The second-order valence-electron chi connectivity index (χ2n) is 5.16. The van der Waals surface area contributed by atoms with Crippen molar-refractivity contribution in [3.05, 3.63) is 40.6 Å². The number of hydrogen-bond donors (Lipinski definition) is 2. The van der Waals surface area contributed by atoms with Crippen molar-refractivity contribution < 1.29 is 23.1 Å². The molecule has 1 aromatic carbocycles. The van der Waals surface area contributed by atoms with Gasteiger partial charge in [-0.2, -0.15) is 4.31 Å². The first-order chi connectivity index (χ1) is 11.5. The fraction of sp³-hybridized carbons (Fsp3) is 0.267. The van der Waals surface area contributed by atoms with Gasteiger partial charge < -0.3 is 15.2 Å². The number of benzene rings is 1. The summed E-state index contributed by atoms with van der Waals surface area (Å²) in [4.78, 5) is 12.6. The minimum Gasteiger partial charge on any atom is -0.508 e. The summed E-state index contributed by atoms with van der Waals surface area (Å²) in [6, 6.07) is 7.42. The number of carbonyl (C=O) groups excluding carboxylic acids is 1. The first-order valence-corrected chi connectivity index (χ1v) is 9.55. The molecule has 2 N–H and O–H groups in total. The number of anilines is 1. The van der Waals surface area contributed by atoms with Gasteiger partial charge in [0.05, 0.1) is 23.0 Å². The monoisotopic (exact) mass is 368 g/mol. The number of phenols is 1. The smallest absolute Gasteiger partial charge is 0.265 e. The predicted octanol–water partition coefficient (Wildman–Crippen LogP) is 1.73. The van der Waals surface area contributed by atoms with Gasteiger partial charge in [0, 0.05) is 24.2 Å². The number of thiophene rings is 1. The second kappa shape index (κ2) is 6.89. The molecule has 0 saturated carbocycles. The van der Waals surface area contributed by atoms with Crippen LogP contribution in [-0.2, 0) is 14.8 Å². The van der Waals surface area contributed by atoms with E-state index in [2.05, 4.69) is 5.32 Å². The van der Waals surface area contributed by atoms with Crippen LogP contribution in [0.5, 0.6) is 5.75 Å². The van der Waals surface area contributed by atoms with Crippen molar-refractivity contribution in [3.63, 3.8) is 0 Å². The molecule has 3 rings (SSSR count). The molecule has 9 heteroatoms. The number of amides is 1. The van der Waals surface area contributed by atoms with Crippen molar-refractivity contribution >= 4 is 33.0 Å². The van der Waals surface area contributed by atoms with Gasteiger partial charge in [-0.05, 0) is 30.3 Å². The Bertz CT molecular complexity index is 824. The van der Waals surface area contributed by atoms with Crippen molar-refractivity contribution in [2.45, 2.75) is 4.90 Å². The van der Waals surface area contributed by atoms with E-state index >= 15 is 0 Å². The summed E-state index contributed by atoms with van der Waals surface area (Å²) in [5, 5.41) is 13.4. The largest absolute Gasteiger partial charge is 0.508 e. The summed E-state index contributed by atoms with van der Waals surface area (Å²) in [5.74, 6) is -0.294. The third kappa shape index (κ3) is 3.59. The lowest BCUT2D eigenvalue weighted by atomic mass is 10.3. The number of nitrogens with one attached hydrogen (secondary N) is 1. The first-order valence-electron chi connectivity index (χ1n) is 7.23. The molecule has 0 radical (unpaired) electrons. The van der Waals surface area contributed by atoms with Gasteiger partial charge >= 0.3 is 0 Å². The standard InChI is InChI=1S/C15H16N2O5S2/c18-12-3-1-11(2-4-12)16-15(19)14-9-13(10-23-14)24(20,21)17-5-7-22-8-6-17/h1-4,9-10,18H,5-8H2,(H,16,19). The molecule has 0 unspecified atom stereocenters. The summed E-state index contributed by atoms with van der Waals surface area (Å²) in [6.07, 6.45) is 0. The Morgan fingerprint density at radius 1 is 1.21 bits per heavy atom. The van der Waals surface area contributed by atoms with Crippen molar-refractivity contribution in [1.29, 1.82) is 0 Å². The highest BCUT2D eigenvalue weighted by Crippen LogP contribution is 2.24. The molecule has 1 aliphatic heterocycles. The lowest BCUT2D eigenvalue weighted by Gasteiger charge is -2.25. The summed E-state index contributed by atoms with van der Waals surface area (Å²) in [6.45, 7) is 1.37. The Hall–Kier alpha value is -1.94. The molecule has 2 heterocycles. The lowest BCUT2D eigenvalue weighted by Crippen LogP contribution is -2.40.